The number of carbonyl (C=O) groups is 4. The van der Waals surface area contributed by atoms with Crippen LogP contribution in [0.1, 0.15) is 43.4 Å². The Hall–Kier alpha value is -5.05. The van der Waals surface area contributed by atoms with Gasteiger partial charge in [-0.25, -0.2) is 4.39 Å². The lowest BCUT2D eigenvalue weighted by molar-refractivity contribution is -0.137. The molecule has 240 valence electrons. The summed E-state index contributed by atoms with van der Waals surface area (Å²) in [7, 11) is 0. The fourth-order valence-electron chi connectivity index (χ4n) is 5.35. The molecule has 8 nitrogen and oxygen atoms in total. The quantitative estimate of drug-likeness (QED) is 0.178. The molecule has 4 rings (SSSR count). The average molecular weight is 625 g/mol. The summed E-state index contributed by atoms with van der Waals surface area (Å²) in [5, 5.41) is 10.5. The molecule has 4 aromatic rings. The van der Waals surface area contributed by atoms with E-state index in [1.54, 1.807) is 17.0 Å². The van der Waals surface area contributed by atoms with Crippen molar-refractivity contribution in [2.24, 2.45) is 0 Å². The molecule has 0 heterocycles. The van der Waals surface area contributed by atoms with Crippen LogP contribution in [0.5, 0.6) is 0 Å². The van der Waals surface area contributed by atoms with Crippen LogP contribution >= 0.6 is 0 Å². The molecule has 2 atom stereocenters. The van der Waals surface area contributed by atoms with Gasteiger partial charge >= 0.3 is 0 Å². The van der Waals surface area contributed by atoms with Gasteiger partial charge in [0.2, 0.25) is 23.6 Å². The second-order valence-electron chi connectivity index (χ2n) is 11.1. The zero-order valence-electron chi connectivity index (χ0n) is 26.3. The Morgan fingerprint density at radius 3 is 2.11 bits per heavy atom. The standard InChI is InChI=1S/C37H41FN4O4/c1-3-42(4-2)35(44)24-33(40-34(43)22-19-26-11-6-5-7-12-26)37(46)41-32(23-27-17-20-30(38)21-18-27)36(45)39-25-29-15-10-14-28-13-8-9-16-31(28)29/h5-18,20-21,32-33H,3-4,19,22-25H2,1-2H3,(H,39,45)(H,40,43)(H,41,46)/t32-,33-/m0/s1. The third-order valence-corrected chi connectivity index (χ3v) is 7.95. The molecule has 9 heteroatoms. The van der Waals surface area contributed by atoms with Gasteiger partial charge in [-0.3, -0.25) is 19.2 Å². The predicted octanol–water partition coefficient (Wildman–Crippen LogP) is 4.70. The minimum Gasteiger partial charge on any atom is -0.350 e. The summed E-state index contributed by atoms with van der Waals surface area (Å²) in [6.45, 7) is 4.81. The number of carbonyl (C=O) groups excluding carboxylic acids is 4. The summed E-state index contributed by atoms with van der Waals surface area (Å²) in [4.78, 5) is 55.0. The second kappa shape index (κ2) is 16.9. The van der Waals surface area contributed by atoms with Gasteiger partial charge in [0.1, 0.15) is 17.9 Å². The van der Waals surface area contributed by atoms with Crippen molar-refractivity contribution >= 4 is 34.4 Å². The molecular formula is C37H41FN4O4. The Morgan fingerprint density at radius 2 is 1.39 bits per heavy atom. The van der Waals surface area contributed by atoms with Gasteiger partial charge in [0, 0.05) is 32.5 Å². The first-order valence-electron chi connectivity index (χ1n) is 15.7. The van der Waals surface area contributed by atoms with Crippen molar-refractivity contribution < 1.29 is 23.6 Å². The van der Waals surface area contributed by atoms with E-state index in [9.17, 15) is 23.6 Å². The zero-order valence-corrected chi connectivity index (χ0v) is 26.3. The smallest absolute Gasteiger partial charge is 0.243 e. The van der Waals surface area contributed by atoms with Crippen LogP contribution in [0.4, 0.5) is 4.39 Å². The van der Waals surface area contributed by atoms with E-state index in [0.29, 0.717) is 25.1 Å². The van der Waals surface area contributed by atoms with Crippen molar-refractivity contribution in [3.63, 3.8) is 0 Å². The molecular weight excluding hydrogens is 583 g/mol. The minimum atomic E-state index is -1.20. The molecule has 4 aromatic carbocycles. The first-order valence-corrected chi connectivity index (χ1v) is 15.7. The molecule has 46 heavy (non-hydrogen) atoms. The maximum atomic E-state index is 13.8. The molecule has 0 aliphatic heterocycles. The van der Waals surface area contributed by atoms with Crippen LogP contribution in [0, 0.1) is 5.82 Å². The van der Waals surface area contributed by atoms with Crippen LogP contribution in [-0.2, 0) is 38.6 Å². The van der Waals surface area contributed by atoms with Crippen LogP contribution in [0.3, 0.4) is 0 Å². The monoisotopic (exact) mass is 624 g/mol. The SMILES string of the molecule is CCN(CC)C(=O)C[C@H](NC(=O)CCc1ccccc1)C(=O)N[C@@H](Cc1ccc(F)cc1)C(=O)NCc1cccc2ccccc12. The molecule has 0 saturated heterocycles. The van der Waals surface area contributed by atoms with E-state index in [1.165, 1.54) is 12.1 Å². The molecule has 0 unspecified atom stereocenters. The average Bonchev–Trinajstić information content (AvgIpc) is 3.07. The van der Waals surface area contributed by atoms with Crippen LogP contribution < -0.4 is 16.0 Å². The molecule has 0 aromatic heterocycles. The number of hydrogen-bond acceptors (Lipinski definition) is 4. The number of amides is 4. The summed E-state index contributed by atoms with van der Waals surface area (Å²) < 4.78 is 13.6. The molecule has 0 bridgehead atoms. The number of rotatable bonds is 15. The summed E-state index contributed by atoms with van der Waals surface area (Å²) >= 11 is 0. The highest BCUT2D eigenvalue weighted by atomic mass is 19.1. The lowest BCUT2D eigenvalue weighted by atomic mass is 10.0. The Kier molecular flexibility index (Phi) is 12.4. The maximum absolute atomic E-state index is 13.8. The number of fused-ring (bicyclic) bond motifs is 1. The van der Waals surface area contributed by atoms with E-state index in [0.717, 1.165) is 21.9 Å². The lowest BCUT2D eigenvalue weighted by Gasteiger charge is -2.25. The Labute approximate surface area is 269 Å². The molecule has 0 saturated carbocycles. The molecule has 4 amide bonds. The van der Waals surface area contributed by atoms with Crippen molar-refractivity contribution in [2.45, 2.75) is 58.2 Å². The van der Waals surface area contributed by atoms with Gasteiger partial charge in [0.05, 0.1) is 6.42 Å². The van der Waals surface area contributed by atoms with Gasteiger partial charge in [0.15, 0.2) is 0 Å². The van der Waals surface area contributed by atoms with Crippen LogP contribution in [0.25, 0.3) is 10.8 Å². The van der Waals surface area contributed by atoms with Gasteiger partial charge in [-0.15, -0.1) is 0 Å². The summed E-state index contributed by atoms with van der Waals surface area (Å²) in [6, 6.07) is 26.6. The van der Waals surface area contributed by atoms with Crippen LogP contribution in [0.15, 0.2) is 97.1 Å². The zero-order chi connectivity index (χ0) is 32.9. The fraction of sp³-hybridized carbons (Fsp3) is 0.297. The van der Waals surface area contributed by atoms with E-state index in [4.69, 9.17) is 0 Å². The van der Waals surface area contributed by atoms with Crippen molar-refractivity contribution in [3.8, 4) is 0 Å². The van der Waals surface area contributed by atoms with Crippen molar-refractivity contribution in [3.05, 3.63) is 120 Å². The second-order valence-corrected chi connectivity index (χ2v) is 11.1. The van der Waals surface area contributed by atoms with E-state index in [2.05, 4.69) is 16.0 Å². The van der Waals surface area contributed by atoms with Crippen LogP contribution in [-0.4, -0.2) is 53.7 Å². The van der Waals surface area contributed by atoms with E-state index in [-0.39, 0.29) is 37.6 Å². The van der Waals surface area contributed by atoms with E-state index < -0.39 is 29.7 Å². The maximum Gasteiger partial charge on any atom is 0.243 e. The Bertz CT molecular complexity index is 1620. The van der Waals surface area contributed by atoms with E-state index >= 15 is 0 Å². The van der Waals surface area contributed by atoms with Crippen LogP contribution in [0.2, 0.25) is 0 Å². The molecule has 0 radical (unpaired) electrons. The normalized spacial score (nSPS) is 12.2. The number of aryl methyl sites for hydroxylation is 1. The van der Waals surface area contributed by atoms with Gasteiger partial charge in [-0.2, -0.15) is 0 Å². The highest BCUT2D eigenvalue weighted by molar-refractivity contribution is 5.95. The molecule has 0 fully saturated rings. The summed E-state index contributed by atoms with van der Waals surface area (Å²) in [5.41, 5.74) is 2.52. The number of nitrogens with zero attached hydrogens (tertiary/aromatic N) is 1. The number of nitrogens with one attached hydrogen (secondary N) is 3. The molecule has 0 aliphatic rings. The Balaban J connectivity index is 1.52. The predicted molar refractivity (Wildman–Crippen MR) is 177 cm³/mol. The van der Waals surface area contributed by atoms with Crippen molar-refractivity contribution in [1.29, 1.82) is 0 Å². The van der Waals surface area contributed by atoms with Gasteiger partial charge < -0.3 is 20.9 Å². The van der Waals surface area contributed by atoms with Gasteiger partial charge in [-0.05, 0) is 59.9 Å². The van der Waals surface area contributed by atoms with Gasteiger partial charge in [0.25, 0.3) is 0 Å². The lowest BCUT2D eigenvalue weighted by Crippen LogP contribution is -2.55. The molecule has 3 N–H and O–H groups in total. The third-order valence-electron chi connectivity index (χ3n) is 7.95. The molecule has 0 aliphatic carbocycles. The first kappa shape index (κ1) is 33.8. The largest absolute Gasteiger partial charge is 0.350 e. The minimum absolute atomic E-state index is 0.0755. The highest BCUT2D eigenvalue weighted by Crippen LogP contribution is 2.18. The summed E-state index contributed by atoms with van der Waals surface area (Å²) in [5.74, 6) is -2.19. The topological polar surface area (TPSA) is 108 Å². The Morgan fingerprint density at radius 1 is 0.717 bits per heavy atom. The number of benzene rings is 4. The van der Waals surface area contributed by atoms with Gasteiger partial charge in [-0.1, -0.05) is 84.9 Å². The van der Waals surface area contributed by atoms with Crippen molar-refractivity contribution in [2.75, 3.05) is 13.1 Å². The number of hydrogen-bond donors (Lipinski definition) is 3. The fourth-order valence-corrected chi connectivity index (χ4v) is 5.35. The van der Waals surface area contributed by atoms with Crippen molar-refractivity contribution in [1.82, 2.24) is 20.9 Å². The highest BCUT2D eigenvalue weighted by Gasteiger charge is 2.30. The van der Waals surface area contributed by atoms with E-state index in [1.807, 2.05) is 86.6 Å². The molecule has 0 spiro atoms. The third kappa shape index (κ3) is 9.72. The summed E-state index contributed by atoms with van der Waals surface area (Å²) in [6.07, 6.45) is 0.407. The number of halogens is 1. The first-order chi connectivity index (χ1) is 22.3.